The van der Waals surface area contributed by atoms with Gasteiger partial charge in [-0.05, 0) is 36.8 Å². The Morgan fingerprint density at radius 1 is 1.04 bits per heavy atom. The zero-order valence-electron chi connectivity index (χ0n) is 11.9. The number of para-hydroxylation sites is 1. The summed E-state index contributed by atoms with van der Waals surface area (Å²) in [4.78, 5) is 22.8. The number of rotatable bonds is 4. The summed E-state index contributed by atoms with van der Waals surface area (Å²) in [7, 11) is -4.58. The monoisotopic (exact) mass is 336 g/mol. The molecule has 0 heterocycles. The van der Waals surface area contributed by atoms with Gasteiger partial charge in [-0.3, -0.25) is 4.55 Å². The molecule has 0 spiro atoms. The third kappa shape index (κ3) is 3.74. The van der Waals surface area contributed by atoms with Gasteiger partial charge in [-0.2, -0.15) is 8.42 Å². The molecule has 0 bridgehead atoms. The Morgan fingerprint density at radius 3 is 2.26 bits per heavy atom. The van der Waals surface area contributed by atoms with Crippen LogP contribution in [0.5, 0.6) is 5.75 Å². The van der Waals surface area contributed by atoms with Crippen LogP contribution >= 0.6 is 0 Å². The molecule has 2 aromatic rings. The van der Waals surface area contributed by atoms with Crippen LogP contribution in [0, 0.1) is 6.92 Å². The molecule has 2 rings (SSSR count). The predicted molar refractivity (Wildman–Crippen MR) is 79.4 cm³/mol. The standard InChI is InChI=1S/C15H12O7S/c1-9-4-2-3-5-13(9)22-15(18)11-7-6-10(23(19,20)21)8-12(11)14(16)17/h2-8H,1H3,(H,16,17)(H,19,20,21). The van der Waals surface area contributed by atoms with Crippen LogP contribution in [0.15, 0.2) is 47.4 Å². The molecular formula is C15H12O7S. The molecule has 0 radical (unpaired) electrons. The van der Waals surface area contributed by atoms with Crippen molar-refractivity contribution in [2.24, 2.45) is 0 Å². The van der Waals surface area contributed by atoms with Crippen molar-refractivity contribution in [2.75, 3.05) is 0 Å². The quantitative estimate of drug-likeness (QED) is 0.499. The number of ether oxygens (including phenoxy) is 1. The van der Waals surface area contributed by atoms with E-state index >= 15 is 0 Å². The smallest absolute Gasteiger partial charge is 0.344 e. The van der Waals surface area contributed by atoms with E-state index in [1.165, 1.54) is 0 Å². The maximum Gasteiger partial charge on any atom is 0.344 e. The number of hydrogen-bond donors (Lipinski definition) is 2. The second kappa shape index (κ2) is 6.19. The molecule has 0 fully saturated rings. The van der Waals surface area contributed by atoms with E-state index in [1.807, 2.05) is 0 Å². The molecule has 0 atom stereocenters. The SMILES string of the molecule is Cc1ccccc1OC(=O)c1ccc(S(=O)(=O)O)cc1C(=O)O. The largest absolute Gasteiger partial charge is 0.478 e. The maximum atomic E-state index is 12.2. The molecule has 7 nitrogen and oxygen atoms in total. The van der Waals surface area contributed by atoms with Gasteiger partial charge >= 0.3 is 11.9 Å². The summed E-state index contributed by atoms with van der Waals surface area (Å²) >= 11 is 0. The van der Waals surface area contributed by atoms with Crippen molar-refractivity contribution < 1.29 is 32.4 Å². The van der Waals surface area contributed by atoms with Gasteiger partial charge in [-0.15, -0.1) is 0 Å². The van der Waals surface area contributed by atoms with Crippen LogP contribution in [0.1, 0.15) is 26.3 Å². The number of hydrogen-bond acceptors (Lipinski definition) is 5. The summed E-state index contributed by atoms with van der Waals surface area (Å²) in [5, 5.41) is 9.14. The molecule has 0 saturated carbocycles. The van der Waals surface area contributed by atoms with Crippen molar-refractivity contribution in [3.8, 4) is 5.75 Å². The van der Waals surface area contributed by atoms with Gasteiger partial charge in [0, 0.05) is 0 Å². The summed E-state index contributed by atoms with van der Waals surface area (Å²) in [5.74, 6) is -2.21. The van der Waals surface area contributed by atoms with Gasteiger partial charge in [-0.1, -0.05) is 18.2 Å². The lowest BCUT2D eigenvalue weighted by atomic mass is 10.1. The van der Waals surface area contributed by atoms with Gasteiger partial charge in [-0.25, -0.2) is 9.59 Å². The average Bonchev–Trinajstić information content (AvgIpc) is 2.48. The maximum absolute atomic E-state index is 12.2. The Labute approximate surface area is 131 Å². The first-order valence-electron chi connectivity index (χ1n) is 6.33. The van der Waals surface area contributed by atoms with Crippen molar-refractivity contribution in [2.45, 2.75) is 11.8 Å². The second-order valence-electron chi connectivity index (χ2n) is 4.64. The van der Waals surface area contributed by atoms with Crippen LogP contribution in [0.2, 0.25) is 0 Å². The highest BCUT2D eigenvalue weighted by Gasteiger charge is 2.22. The number of carboxylic acids is 1. The number of carbonyl (C=O) groups excluding carboxylic acids is 1. The number of benzene rings is 2. The van der Waals surface area contributed by atoms with E-state index in [4.69, 9.17) is 14.4 Å². The van der Waals surface area contributed by atoms with Crippen molar-refractivity contribution in [1.29, 1.82) is 0 Å². The first-order chi connectivity index (χ1) is 10.7. The Morgan fingerprint density at radius 2 is 1.70 bits per heavy atom. The molecule has 2 aromatic carbocycles. The Kier molecular flexibility index (Phi) is 4.48. The third-order valence-corrected chi connectivity index (χ3v) is 3.89. The van der Waals surface area contributed by atoms with E-state index in [9.17, 15) is 18.0 Å². The van der Waals surface area contributed by atoms with Gasteiger partial charge in [0.1, 0.15) is 5.75 Å². The third-order valence-electron chi connectivity index (χ3n) is 3.04. The summed E-state index contributed by atoms with van der Waals surface area (Å²) in [6, 6.07) is 9.25. The lowest BCUT2D eigenvalue weighted by molar-refractivity contribution is 0.0667. The second-order valence-corrected chi connectivity index (χ2v) is 6.06. The van der Waals surface area contributed by atoms with Crippen LogP contribution in [0.3, 0.4) is 0 Å². The zero-order chi connectivity index (χ0) is 17.2. The van der Waals surface area contributed by atoms with Crippen molar-refractivity contribution >= 4 is 22.1 Å². The van der Waals surface area contributed by atoms with E-state index in [-0.39, 0.29) is 11.3 Å². The predicted octanol–water partition coefficient (Wildman–Crippen LogP) is 2.16. The van der Waals surface area contributed by atoms with E-state index in [1.54, 1.807) is 31.2 Å². The first-order valence-corrected chi connectivity index (χ1v) is 7.77. The molecule has 120 valence electrons. The molecule has 0 aliphatic heterocycles. The topological polar surface area (TPSA) is 118 Å². The number of carbonyl (C=O) groups is 2. The van der Waals surface area contributed by atoms with Gasteiger partial charge < -0.3 is 9.84 Å². The van der Waals surface area contributed by atoms with Crippen molar-refractivity contribution in [3.05, 3.63) is 59.2 Å². The fourth-order valence-electron chi connectivity index (χ4n) is 1.86. The molecule has 23 heavy (non-hydrogen) atoms. The summed E-state index contributed by atoms with van der Waals surface area (Å²) in [6.45, 7) is 1.71. The van der Waals surface area contributed by atoms with Crippen LogP contribution in [-0.4, -0.2) is 30.0 Å². The molecule has 2 N–H and O–H groups in total. The van der Waals surface area contributed by atoms with Gasteiger partial charge in [0.25, 0.3) is 10.1 Å². The summed E-state index contributed by atoms with van der Waals surface area (Å²) in [6.07, 6.45) is 0. The lowest BCUT2D eigenvalue weighted by Crippen LogP contribution is -2.15. The van der Waals surface area contributed by atoms with Crippen LogP contribution in [0.25, 0.3) is 0 Å². The molecule has 8 heteroatoms. The summed E-state index contributed by atoms with van der Waals surface area (Å²) in [5.41, 5.74) is -0.237. The Balaban J connectivity index is 2.45. The Bertz CT molecular complexity index is 884. The fourth-order valence-corrected chi connectivity index (χ4v) is 2.37. The van der Waals surface area contributed by atoms with Gasteiger partial charge in [0.05, 0.1) is 16.0 Å². The number of carboxylic acid groups (broad SMARTS) is 1. The molecule has 0 aliphatic rings. The minimum Gasteiger partial charge on any atom is -0.478 e. The number of esters is 1. The molecule has 0 unspecified atom stereocenters. The van der Waals surface area contributed by atoms with E-state index in [2.05, 4.69) is 0 Å². The first kappa shape index (κ1) is 16.7. The number of aromatic carboxylic acids is 1. The van der Waals surface area contributed by atoms with Crippen LogP contribution in [0.4, 0.5) is 0 Å². The van der Waals surface area contributed by atoms with Crippen molar-refractivity contribution in [3.63, 3.8) is 0 Å². The highest BCUT2D eigenvalue weighted by Crippen LogP contribution is 2.21. The molecule has 0 amide bonds. The van der Waals surface area contributed by atoms with Crippen LogP contribution in [-0.2, 0) is 10.1 Å². The highest BCUT2D eigenvalue weighted by atomic mass is 32.2. The number of aryl methyl sites for hydroxylation is 1. The van der Waals surface area contributed by atoms with E-state index < -0.39 is 32.5 Å². The average molecular weight is 336 g/mol. The zero-order valence-corrected chi connectivity index (χ0v) is 12.7. The van der Waals surface area contributed by atoms with E-state index in [0.717, 1.165) is 12.1 Å². The fraction of sp³-hybridized carbons (Fsp3) is 0.0667. The molecule has 0 aliphatic carbocycles. The Hall–Kier alpha value is -2.71. The molecule has 0 saturated heterocycles. The summed E-state index contributed by atoms with van der Waals surface area (Å²) < 4.78 is 36.2. The van der Waals surface area contributed by atoms with E-state index in [0.29, 0.717) is 11.6 Å². The minimum absolute atomic E-state index is 0.257. The molecule has 0 aromatic heterocycles. The van der Waals surface area contributed by atoms with Gasteiger partial charge in [0.2, 0.25) is 0 Å². The highest BCUT2D eigenvalue weighted by molar-refractivity contribution is 7.85. The lowest BCUT2D eigenvalue weighted by Gasteiger charge is -2.09. The normalized spacial score (nSPS) is 11.0. The van der Waals surface area contributed by atoms with Crippen LogP contribution < -0.4 is 4.74 Å². The van der Waals surface area contributed by atoms with Crippen molar-refractivity contribution in [1.82, 2.24) is 0 Å². The van der Waals surface area contributed by atoms with Gasteiger partial charge in [0.15, 0.2) is 0 Å². The molecular weight excluding hydrogens is 324 g/mol. The minimum atomic E-state index is -4.58.